The van der Waals surface area contributed by atoms with E-state index in [-0.39, 0.29) is 29.3 Å². The molecule has 2 saturated carbocycles. The molecule has 1 atom stereocenters. The number of benzene rings is 1. The highest BCUT2D eigenvalue weighted by Crippen LogP contribution is 2.52. The van der Waals surface area contributed by atoms with Crippen LogP contribution in [0.25, 0.3) is 0 Å². The molecule has 27 heavy (non-hydrogen) atoms. The fraction of sp³-hybridized carbons (Fsp3) is 0.636. The third-order valence-corrected chi connectivity index (χ3v) is 6.76. The molecule has 1 N–H and O–H groups in total. The molecular formula is C22H30N2O3. The van der Waals surface area contributed by atoms with Gasteiger partial charge in [0.1, 0.15) is 0 Å². The van der Waals surface area contributed by atoms with Crippen LogP contribution < -0.4 is 5.32 Å². The van der Waals surface area contributed by atoms with Gasteiger partial charge in [-0.1, -0.05) is 43.9 Å². The van der Waals surface area contributed by atoms with Crippen LogP contribution in [0.2, 0.25) is 0 Å². The van der Waals surface area contributed by atoms with E-state index in [1.807, 2.05) is 24.3 Å². The van der Waals surface area contributed by atoms with E-state index < -0.39 is 0 Å². The Morgan fingerprint density at radius 3 is 2.59 bits per heavy atom. The van der Waals surface area contributed by atoms with E-state index in [1.165, 1.54) is 12.8 Å². The molecule has 1 unspecified atom stereocenters. The summed E-state index contributed by atoms with van der Waals surface area (Å²) in [7, 11) is 1.64. The number of nitrogens with zero attached hydrogens (tertiary/aromatic N) is 1. The summed E-state index contributed by atoms with van der Waals surface area (Å²) in [5.74, 6) is -0.108. The van der Waals surface area contributed by atoms with Gasteiger partial charge in [-0.25, -0.2) is 0 Å². The van der Waals surface area contributed by atoms with E-state index in [0.29, 0.717) is 18.7 Å². The van der Waals surface area contributed by atoms with Crippen LogP contribution in [0.3, 0.4) is 0 Å². The molecule has 5 nitrogen and oxygen atoms in total. The maximum absolute atomic E-state index is 13.6. The van der Waals surface area contributed by atoms with Crippen LogP contribution >= 0.6 is 0 Å². The molecule has 1 aromatic carbocycles. The summed E-state index contributed by atoms with van der Waals surface area (Å²) >= 11 is 0. The molecule has 146 valence electrons. The van der Waals surface area contributed by atoms with Crippen LogP contribution in [0.15, 0.2) is 24.3 Å². The second kappa shape index (κ2) is 7.63. The number of nitrogens with one attached hydrogen (secondary N) is 1. The maximum Gasteiger partial charge on any atom is 0.254 e. The SMILES string of the molecule is COCCNC(=O)C1c2ccccc2C(=O)N(C2CCCC2)C12CCCC2. The molecule has 1 heterocycles. The zero-order chi connectivity index (χ0) is 18.9. The van der Waals surface area contributed by atoms with E-state index in [0.717, 1.165) is 44.1 Å². The minimum atomic E-state index is -0.363. The van der Waals surface area contributed by atoms with E-state index in [4.69, 9.17) is 4.74 Å². The molecule has 0 aromatic heterocycles. The summed E-state index contributed by atoms with van der Waals surface area (Å²) in [6.45, 7) is 1.000. The molecule has 0 bridgehead atoms. The first-order valence-electron chi connectivity index (χ1n) is 10.4. The Bertz CT molecular complexity index is 705. The van der Waals surface area contributed by atoms with E-state index in [1.54, 1.807) is 7.11 Å². The average molecular weight is 370 g/mol. The first kappa shape index (κ1) is 18.5. The molecule has 1 aliphatic heterocycles. The molecule has 2 fully saturated rings. The number of rotatable bonds is 5. The Morgan fingerprint density at radius 1 is 1.19 bits per heavy atom. The molecule has 1 spiro atoms. The molecule has 2 aliphatic carbocycles. The lowest BCUT2D eigenvalue weighted by Gasteiger charge is -2.52. The lowest BCUT2D eigenvalue weighted by molar-refractivity contribution is -0.127. The Hall–Kier alpha value is -1.88. The molecule has 2 amide bonds. The number of hydrogen-bond donors (Lipinski definition) is 1. The van der Waals surface area contributed by atoms with Crippen LogP contribution in [0.5, 0.6) is 0 Å². The summed E-state index contributed by atoms with van der Waals surface area (Å²) in [6.07, 6.45) is 8.49. The van der Waals surface area contributed by atoms with Crippen molar-refractivity contribution in [2.75, 3.05) is 20.3 Å². The number of methoxy groups -OCH3 is 1. The second-order valence-electron chi connectivity index (χ2n) is 8.23. The number of fused-ring (bicyclic) bond motifs is 1. The standard InChI is InChI=1S/C22H30N2O3/c1-27-15-14-23-20(25)19-17-10-4-5-11-18(17)21(26)24(16-8-2-3-9-16)22(19)12-6-7-13-22/h4-5,10-11,16,19H,2-3,6-9,12-15H2,1H3,(H,23,25). The van der Waals surface area contributed by atoms with Gasteiger partial charge in [0.25, 0.3) is 5.91 Å². The van der Waals surface area contributed by atoms with E-state index in [9.17, 15) is 9.59 Å². The Labute approximate surface area is 161 Å². The van der Waals surface area contributed by atoms with Crippen molar-refractivity contribution in [2.24, 2.45) is 0 Å². The fourth-order valence-corrected chi connectivity index (χ4v) is 5.68. The first-order chi connectivity index (χ1) is 13.2. The van der Waals surface area contributed by atoms with Crippen LogP contribution in [0.4, 0.5) is 0 Å². The van der Waals surface area contributed by atoms with Crippen molar-refractivity contribution in [3.8, 4) is 0 Å². The predicted molar refractivity (Wildman–Crippen MR) is 104 cm³/mol. The molecule has 0 saturated heterocycles. The Morgan fingerprint density at radius 2 is 1.89 bits per heavy atom. The minimum Gasteiger partial charge on any atom is -0.383 e. The van der Waals surface area contributed by atoms with Crippen molar-refractivity contribution in [1.82, 2.24) is 10.2 Å². The number of hydrogen-bond acceptors (Lipinski definition) is 3. The van der Waals surface area contributed by atoms with Crippen molar-refractivity contribution in [1.29, 1.82) is 0 Å². The monoisotopic (exact) mass is 370 g/mol. The van der Waals surface area contributed by atoms with E-state index >= 15 is 0 Å². The van der Waals surface area contributed by atoms with Crippen LogP contribution in [-0.4, -0.2) is 48.6 Å². The van der Waals surface area contributed by atoms with Crippen LogP contribution in [0, 0.1) is 0 Å². The zero-order valence-electron chi connectivity index (χ0n) is 16.2. The van der Waals surface area contributed by atoms with Gasteiger partial charge in [-0.15, -0.1) is 0 Å². The van der Waals surface area contributed by atoms with Gasteiger partial charge in [-0.2, -0.15) is 0 Å². The third-order valence-electron chi connectivity index (χ3n) is 6.76. The molecule has 0 radical (unpaired) electrons. The average Bonchev–Trinajstić information content (AvgIpc) is 3.36. The molecule has 3 aliphatic rings. The summed E-state index contributed by atoms with van der Waals surface area (Å²) in [6, 6.07) is 8.03. The lowest BCUT2D eigenvalue weighted by Crippen LogP contribution is -2.63. The van der Waals surface area contributed by atoms with Crippen molar-refractivity contribution >= 4 is 11.8 Å². The largest absolute Gasteiger partial charge is 0.383 e. The third kappa shape index (κ3) is 3.06. The first-order valence-corrected chi connectivity index (χ1v) is 10.4. The smallest absolute Gasteiger partial charge is 0.254 e. The molecule has 5 heteroatoms. The molecular weight excluding hydrogens is 340 g/mol. The number of amides is 2. The maximum atomic E-state index is 13.6. The van der Waals surface area contributed by atoms with E-state index in [2.05, 4.69) is 10.2 Å². The highest BCUT2D eigenvalue weighted by atomic mass is 16.5. The van der Waals surface area contributed by atoms with Crippen LogP contribution in [0.1, 0.15) is 73.2 Å². The van der Waals surface area contributed by atoms with Gasteiger partial charge in [0.15, 0.2) is 0 Å². The van der Waals surface area contributed by atoms with Gasteiger partial charge in [0.05, 0.1) is 18.1 Å². The predicted octanol–water partition coefficient (Wildman–Crippen LogP) is 3.24. The Kier molecular flexibility index (Phi) is 5.22. The second-order valence-corrected chi connectivity index (χ2v) is 8.23. The minimum absolute atomic E-state index is 0.0388. The van der Waals surface area contributed by atoms with Crippen molar-refractivity contribution in [2.45, 2.75) is 68.9 Å². The Balaban J connectivity index is 1.79. The van der Waals surface area contributed by atoms with Crippen molar-refractivity contribution in [3.05, 3.63) is 35.4 Å². The van der Waals surface area contributed by atoms with Crippen LogP contribution in [-0.2, 0) is 9.53 Å². The summed E-state index contributed by atoms with van der Waals surface area (Å²) in [4.78, 5) is 29.1. The number of ether oxygens (including phenoxy) is 1. The molecule has 1 aromatic rings. The van der Waals surface area contributed by atoms with Gasteiger partial charge >= 0.3 is 0 Å². The van der Waals surface area contributed by atoms with Crippen molar-refractivity contribution < 1.29 is 14.3 Å². The number of carbonyl (C=O) groups excluding carboxylic acids is 2. The quantitative estimate of drug-likeness (QED) is 0.810. The highest BCUT2D eigenvalue weighted by Gasteiger charge is 2.57. The zero-order valence-corrected chi connectivity index (χ0v) is 16.2. The normalized spacial score (nSPS) is 24.4. The van der Waals surface area contributed by atoms with Gasteiger partial charge < -0.3 is 15.0 Å². The summed E-state index contributed by atoms with van der Waals surface area (Å²) in [5.41, 5.74) is 1.26. The fourth-order valence-electron chi connectivity index (χ4n) is 5.68. The van der Waals surface area contributed by atoms with Gasteiger partial charge in [-0.05, 0) is 37.3 Å². The van der Waals surface area contributed by atoms with Gasteiger partial charge in [0, 0.05) is 25.3 Å². The number of carbonyl (C=O) groups is 2. The molecule has 4 rings (SSSR count). The van der Waals surface area contributed by atoms with Gasteiger partial charge in [-0.3, -0.25) is 9.59 Å². The lowest BCUT2D eigenvalue weighted by atomic mass is 9.70. The van der Waals surface area contributed by atoms with Gasteiger partial charge in [0.2, 0.25) is 5.91 Å². The summed E-state index contributed by atoms with van der Waals surface area (Å²) in [5, 5.41) is 3.07. The highest BCUT2D eigenvalue weighted by molar-refractivity contribution is 6.02. The summed E-state index contributed by atoms with van der Waals surface area (Å²) < 4.78 is 5.11. The topological polar surface area (TPSA) is 58.6 Å². The van der Waals surface area contributed by atoms with Crippen molar-refractivity contribution in [3.63, 3.8) is 0 Å².